The highest BCUT2D eigenvalue weighted by Crippen LogP contribution is 2.21. The molecular weight excluding hydrogens is 342 g/mol. The number of nitrogens with one attached hydrogen (secondary N) is 1. The summed E-state index contributed by atoms with van der Waals surface area (Å²) in [7, 11) is -2.13. The summed E-state index contributed by atoms with van der Waals surface area (Å²) >= 11 is 1.71. The van der Waals surface area contributed by atoms with Gasteiger partial charge in [0.05, 0.1) is 6.42 Å². The Morgan fingerprint density at radius 2 is 2.04 bits per heavy atom. The molecule has 1 aliphatic heterocycles. The van der Waals surface area contributed by atoms with Crippen LogP contribution in [0.5, 0.6) is 0 Å². The largest absolute Gasteiger partial charge is 0.481 e. The van der Waals surface area contributed by atoms with Crippen LogP contribution in [0.15, 0.2) is 17.2 Å². The van der Waals surface area contributed by atoms with Gasteiger partial charge in [-0.2, -0.15) is 16.1 Å². The number of aromatic amines is 1. The molecule has 10 heteroatoms. The number of aliphatic carboxylic acids is 1. The minimum absolute atomic E-state index is 0.0542. The molecule has 2 N–H and O–H groups in total. The molecule has 0 aliphatic carbocycles. The third-order valence-electron chi connectivity index (χ3n) is 3.50. The smallest absolute Gasteiger partial charge is 0.305 e. The number of amides is 1. The van der Waals surface area contributed by atoms with Crippen molar-refractivity contribution in [1.82, 2.24) is 14.2 Å². The molecule has 0 atom stereocenters. The lowest BCUT2D eigenvalue weighted by Gasteiger charge is -2.24. The van der Waals surface area contributed by atoms with E-state index in [1.54, 1.807) is 11.8 Å². The van der Waals surface area contributed by atoms with Crippen molar-refractivity contribution in [2.45, 2.75) is 11.3 Å². The van der Waals surface area contributed by atoms with Crippen LogP contribution >= 0.6 is 11.8 Å². The highest BCUT2D eigenvalue weighted by atomic mass is 32.2. The molecule has 2 heterocycles. The van der Waals surface area contributed by atoms with Crippen molar-refractivity contribution in [3.8, 4) is 0 Å². The van der Waals surface area contributed by atoms with Gasteiger partial charge in [0.2, 0.25) is 10.0 Å². The number of rotatable bonds is 6. The predicted octanol–water partition coefficient (Wildman–Crippen LogP) is 0.299. The van der Waals surface area contributed by atoms with Crippen molar-refractivity contribution < 1.29 is 23.1 Å². The van der Waals surface area contributed by atoms with E-state index in [1.807, 2.05) is 0 Å². The van der Waals surface area contributed by atoms with Crippen molar-refractivity contribution >= 4 is 33.7 Å². The molecule has 2 rings (SSSR count). The molecule has 1 saturated heterocycles. The quantitative estimate of drug-likeness (QED) is 0.754. The molecule has 23 heavy (non-hydrogen) atoms. The van der Waals surface area contributed by atoms with Gasteiger partial charge in [-0.3, -0.25) is 9.59 Å². The molecule has 0 saturated carbocycles. The Bertz CT molecular complexity index is 680. The lowest BCUT2D eigenvalue weighted by atomic mass is 10.3. The van der Waals surface area contributed by atoms with E-state index in [1.165, 1.54) is 28.5 Å². The van der Waals surface area contributed by atoms with Crippen LogP contribution in [0, 0.1) is 0 Å². The van der Waals surface area contributed by atoms with E-state index in [0.717, 1.165) is 11.5 Å². The molecule has 1 fully saturated rings. The average molecular weight is 361 g/mol. The molecule has 0 unspecified atom stereocenters. The second-order valence-electron chi connectivity index (χ2n) is 5.14. The number of carbonyl (C=O) groups is 2. The fraction of sp³-hybridized carbons (Fsp3) is 0.538. The first-order valence-corrected chi connectivity index (χ1v) is 9.65. The predicted molar refractivity (Wildman–Crippen MR) is 86.1 cm³/mol. The number of carboxylic acids is 1. The number of hydrogen-bond donors (Lipinski definition) is 2. The van der Waals surface area contributed by atoms with E-state index < -0.39 is 21.9 Å². The summed E-state index contributed by atoms with van der Waals surface area (Å²) in [5.74, 6) is 0.0741. The van der Waals surface area contributed by atoms with Gasteiger partial charge < -0.3 is 15.0 Å². The Labute approximate surface area is 138 Å². The number of nitrogens with zero attached hydrogens (tertiary/aromatic N) is 2. The molecule has 1 aromatic heterocycles. The van der Waals surface area contributed by atoms with Crippen LogP contribution in [-0.2, 0) is 14.8 Å². The van der Waals surface area contributed by atoms with Crippen molar-refractivity contribution in [3.05, 3.63) is 18.0 Å². The van der Waals surface area contributed by atoms with Gasteiger partial charge >= 0.3 is 5.97 Å². The van der Waals surface area contributed by atoms with Crippen LogP contribution in [0.2, 0.25) is 0 Å². The maximum absolute atomic E-state index is 12.5. The second-order valence-corrected chi connectivity index (χ2v) is 8.30. The fourth-order valence-corrected chi connectivity index (χ4v) is 4.72. The fourth-order valence-electron chi connectivity index (χ4n) is 2.15. The number of aromatic nitrogens is 1. The topological polar surface area (TPSA) is 111 Å². The second kappa shape index (κ2) is 7.37. The zero-order chi connectivity index (χ0) is 17.0. The van der Waals surface area contributed by atoms with Crippen molar-refractivity contribution in [2.75, 3.05) is 38.2 Å². The molecule has 0 bridgehead atoms. The molecule has 1 amide bonds. The molecule has 0 spiro atoms. The van der Waals surface area contributed by atoms with Gasteiger partial charge in [0.15, 0.2) is 0 Å². The average Bonchev–Trinajstić information content (AvgIpc) is 3.03. The highest BCUT2D eigenvalue weighted by molar-refractivity contribution is 7.99. The SMILES string of the molecule is CN(CCC(=O)O)C(=O)c1cc(S(=O)(=O)N2CCSCC2)c[nH]1. The number of carbonyl (C=O) groups excluding carboxylic acids is 1. The Hall–Kier alpha value is -1.52. The first kappa shape index (κ1) is 17.8. The minimum atomic E-state index is -3.60. The van der Waals surface area contributed by atoms with E-state index >= 15 is 0 Å². The summed E-state index contributed by atoms with van der Waals surface area (Å²) in [6.45, 7) is 0.971. The van der Waals surface area contributed by atoms with Gasteiger partial charge in [-0.15, -0.1) is 0 Å². The van der Waals surface area contributed by atoms with E-state index in [9.17, 15) is 18.0 Å². The van der Waals surface area contributed by atoms with Crippen LogP contribution in [0.3, 0.4) is 0 Å². The molecule has 128 valence electrons. The Balaban J connectivity index is 2.10. The van der Waals surface area contributed by atoms with E-state index in [-0.39, 0.29) is 23.6 Å². The summed E-state index contributed by atoms with van der Waals surface area (Å²) in [6, 6.07) is 1.30. The Morgan fingerprint density at radius 3 is 2.65 bits per heavy atom. The number of H-pyrrole nitrogens is 1. The van der Waals surface area contributed by atoms with Crippen LogP contribution < -0.4 is 0 Å². The molecule has 0 radical (unpaired) electrons. The standard InChI is InChI=1S/C13H19N3O5S2/c1-15(3-2-12(17)18)13(19)11-8-10(9-14-11)23(20,21)16-4-6-22-7-5-16/h8-9,14H,2-7H2,1H3,(H,17,18). The molecule has 0 aromatic carbocycles. The first-order chi connectivity index (χ1) is 10.8. The van der Waals surface area contributed by atoms with Gasteiger partial charge in [-0.05, 0) is 6.07 Å². The molecule has 1 aromatic rings. The lowest BCUT2D eigenvalue weighted by Crippen LogP contribution is -2.37. The summed E-state index contributed by atoms with van der Waals surface area (Å²) < 4.78 is 26.4. The number of hydrogen-bond acceptors (Lipinski definition) is 5. The van der Waals surface area contributed by atoms with Gasteiger partial charge in [0.1, 0.15) is 10.6 Å². The third-order valence-corrected chi connectivity index (χ3v) is 6.32. The third kappa shape index (κ3) is 4.27. The van der Waals surface area contributed by atoms with Gasteiger partial charge in [0.25, 0.3) is 5.91 Å². The lowest BCUT2D eigenvalue weighted by molar-refractivity contribution is -0.137. The zero-order valence-corrected chi connectivity index (χ0v) is 14.3. The van der Waals surface area contributed by atoms with Crippen molar-refractivity contribution in [2.24, 2.45) is 0 Å². The molecular formula is C13H19N3O5S2. The maximum atomic E-state index is 12.5. The summed E-state index contributed by atoms with van der Waals surface area (Å²) in [5.41, 5.74) is 0.128. The Kier molecular flexibility index (Phi) is 5.71. The minimum Gasteiger partial charge on any atom is -0.481 e. The molecule has 1 aliphatic rings. The highest BCUT2D eigenvalue weighted by Gasteiger charge is 2.28. The van der Waals surface area contributed by atoms with Crippen LogP contribution in [-0.4, -0.2) is 77.8 Å². The van der Waals surface area contributed by atoms with E-state index in [2.05, 4.69) is 4.98 Å². The first-order valence-electron chi connectivity index (χ1n) is 7.06. The molecule has 8 nitrogen and oxygen atoms in total. The van der Waals surface area contributed by atoms with Crippen molar-refractivity contribution in [3.63, 3.8) is 0 Å². The van der Waals surface area contributed by atoms with Gasteiger partial charge in [-0.25, -0.2) is 8.42 Å². The number of carboxylic acid groups (broad SMARTS) is 1. The van der Waals surface area contributed by atoms with Gasteiger partial charge in [0, 0.05) is 44.4 Å². The van der Waals surface area contributed by atoms with Crippen LogP contribution in [0.1, 0.15) is 16.9 Å². The summed E-state index contributed by atoms with van der Waals surface area (Å²) in [5, 5.41) is 8.64. The number of thioether (sulfide) groups is 1. The summed E-state index contributed by atoms with van der Waals surface area (Å²) in [6.07, 6.45) is 1.13. The van der Waals surface area contributed by atoms with Crippen LogP contribution in [0.4, 0.5) is 0 Å². The summed E-state index contributed by atoms with van der Waals surface area (Å²) in [4.78, 5) is 26.7. The normalized spacial score (nSPS) is 16.2. The van der Waals surface area contributed by atoms with Crippen molar-refractivity contribution in [1.29, 1.82) is 0 Å². The van der Waals surface area contributed by atoms with Crippen LogP contribution in [0.25, 0.3) is 0 Å². The van der Waals surface area contributed by atoms with E-state index in [0.29, 0.717) is 13.1 Å². The number of sulfonamides is 1. The maximum Gasteiger partial charge on any atom is 0.305 e. The monoisotopic (exact) mass is 361 g/mol. The zero-order valence-electron chi connectivity index (χ0n) is 12.7. The van der Waals surface area contributed by atoms with E-state index in [4.69, 9.17) is 5.11 Å². The Morgan fingerprint density at radius 1 is 1.39 bits per heavy atom. The van der Waals surface area contributed by atoms with Gasteiger partial charge in [-0.1, -0.05) is 0 Å².